The zero-order valence-electron chi connectivity index (χ0n) is 15.9. The van der Waals surface area contributed by atoms with Crippen molar-refractivity contribution >= 4 is 16.6 Å². The van der Waals surface area contributed by atoms with E-state index in [4.69, 9.17) is 4.74 Å². The Morgan fingerprint density at radius 3 is 2.61 bits per heavy atom. The van der Waals surface area contributed by atoms with Gasteiger partial charge in [-0.1, -0.05) is 36.4 Å². The van der Waals surface area contributed by atoms with Crippen LogP contribution >= 0.6 is 0 Å². The Morgan fingerprint density at radius 2 is 1.79 bits per heavy atom. The van der Waals surface area contributed by atoms with Crippen LogP contribution in [0.25, 0.3) is 22.0 Å². The first-order valence-electron chi connectivity index (χ1n) is 10.2. The van der Waals surface area contributed by atoms with Crippen molar-refractivity contribution < 1.29 is 4.74 Å². The van der Waals surface area contributed by atoms with Crippen molar-refractivity contribution in [2.75, 3.05) is 37.8 Å². The van der Waals surface area contributed by atoms with Crippen molar-refractivity contribution in [3.05, 3.63) is 54.9 Å². The van der Waals surface area contributed by atoms with E-state index in [2.05, 4.69) is 68.3 Å². The summed E-state index contributed by atoms with van der Waals surface area (Å²) in [5.41, 5.74) is 2.08. The molecule has 0 amide bonds. The van der Waals surface area contributed by atoms with Crippen LogP contribution in [0.1, 0.15) is 12.8 Å². The van der Waals surface area contributed by atoms with Crippen molar-refractivity contribution in [3.63, 3.8) is 0 Å². The lowest BCUT2D eigenvalue weighted by Gasteiger charge is -2.50. The van der Waals surface area contributed by atoms with Gasteiger partial charge in [-0.3, -0.25) is 0 Å². The topological polar surface area (TPSA) is 41.5 Å². The largest absolute Gasteiger partial charge is 0.351 e. The molecule has 5 nitrogen and oxygen atoms in total. The third kappa shape index (κ3) is 2.61. The highest BCUT2D eigenvalue weighted by Gasteiger charge is 2.51. The van der Waals surface area contributed by atoms with Crippen LogP contribution in [0.2, 0.25) is 0 Å². The highest BCUT2D eigenvalue weighted by atomic mass is 16.5. The van der Waals surface area contributed by atoms with Gasteiger partial charge in [0, 0.05) is 18.2 Å². The number of benzene rings is 2. The second-order valence-corrected chi connectivity index (χ2v) is 8.41. The Bertz CT molecular complexity index is 1030. The SMILES string of the molecule is c1ccc2cc(-c3cc(N4CO[C@]5(CN6CCC5CC6)C4)ncn3)ccc2c1. The van der Waals surface area contributed by atoms with Crippen molar-refractivity contribution in [1.29, 1.82) is 0 Å². The van der Waals surface area contributed by atoms with Crippen molar-refractivity contribution in [2.45, 2.75) is 18.4 Å². The Morgan fingerprint density at radius 1 is 0.929 bits per heavy atom. The molecule has 0 aliphatic carbocycles. The molecule has 28 heavy (non-hydrogen) atoms. The fourth-order valence-corrected chi connectivity index (χ4v) is 5.26. The maximum absolute atomic E-state index is 6.41. The Hall–Kier alpha value is -2.50. The van der Waals surface area contributed by atoms with E-state index in [9.17, 15) is 0 Å². The number of fused-ring (bicyclic) bond motifs is 3. The van der Waals surface area contributed by atoms with E-state index in [1.165, 1.54) is 36.7 Å². The van der Waals surface area contributed by atoms with E-state index >= 15 is 0 Å². The predicted octanol–water partition coefficient (Wildman–Crippen LogP) is 3.56. The molecule has 2 bridgehead atoms. The molecular weight excluding hydrogens is 348 g/mol. The molecule has 0 unspecified atom stereocenters. The standard InChI is InChI=1S/C23H24N4O/c1-2-4-18-11-19(6-5-17(18)3-1)21-12-22(25-15-24-21)27-14-23(28-16-27)13-26-9-7-20(23)8-10-26/h1-6,11-12,15,20H,7-10,13-14,16H2/t23-/m1/s1. The van der Waals surface area contributed by atoms with Crippen molar-refractivity contribution in [2.24, 2.45) is 5.92 Å². The third-order valence-corrected chi connectivity index (χ3v) is 6.81. The lowest BCUT2D eigenvalue weighted by Crippen LogP contribution is -2.61. The quantitative estimate of drug-likeness (QED) is 0.688. The maximum Gasteiger partial charge on any atom is 0.134 e. The second kappa shape index (κ2) is 6.26. The summed E-state index contributed by atoms with van der Waals surface area (Å²) in [5.74, 6) is 1.65. The molecule has 5 heteroatoms. The first-order chi connectivity index (χ1) is 13.8. The molecule has 4 aliphatic rings. The van der Waals surface area contributed by atoms with Crippen LogP contribution in [0.5, 0.6) is 0 Å². The maximum atomic E-state index is 6.41. The minimum Gasteiger partial charge on any atom is -0.351 e. The number of aromatic nitrogens is 2. The minimum atomic E-state index is -0.00936. The van der Waals surface area contributed by atoms with Gasteiger partial charge in [-0.05, 0) is 48.7 Å². The average Bonchev–Trinajstić information content (AvgIpc) is 3.18. The van der Waals surface area contributed by atoms with E-state index in [0.29, 0.717) is 12.6 Å². The minimum absolute atomic E-state index is 0.00936. The van der Waals surface area contributed by atoms with Gasteiger partial charge in [-0.15, -0.1) is 0 Å². The fraction of sp³-hybridized carbons (Fsp3) is 0.391. The summed E-state index contributed by atoms with van der Waals surface area (Å²) < 4.78 is 6.41. The molecule has 7 rings (SSSR count). The number of piperidine rings is 3. The summed E-state index contributed by atoms with van der Waals surface area (Å²) in [5, 5.41) is 2.48. The number of ether oxygens (including phenoxy) is 1. The second-order valence-electron chi connectivity index (χ2n) is 8.41. The summed E-state index contributed by atoms with van der Waals surface area (Å²) >= 11 is 0. The summed E-state index contributed by atoms with van der Waals surface area (Å²) in [6.45, 7) is 5.09. The van der Waals surface area contributed by atoms with Crippen LogP contribution < -0.4 is 4.90 Å². The zero-order chi connectivity index (χ0) is 18.6. The Balaban J connectivity index is 1.29. The molecule has 0 N–H and O–H groups in total. The van der Waals surface area contributed by atoms with Gasteiger partial charge in [0.15, 0.2) is 0 Å². The van der Waals surface area contributed by atoms with Crippen LogP contribution in [0.15, 0.2) is 54.9 Å². The number of rotatable bonds is 2. The molecule has 0 radical (unpaired) electrons. The highest BCUT2D eigenvalue weighted by molar-refractivity contribution is 5.86. The molecule has 142 valence electrons. The zero-order valence-corrected chi connectivity index (χ0v) is 15.9. The van der Waals surface area contributed by atoms with Gasteiger partial charge in [0.25, 0.3) is 0 Å². The molecule has 0 saturated carbocycles. The van der Waals surface area contributed by atoms with Gasteiger partial charge in [-0.25, -0.2) is 9.97 Å². The fourth-order valence-electron chi connectivity index (χ4n) is 5.26. The molecule has 4 fully saturated rings. The Labute approximate surface area is 165 Å². The van der Waals surface area contributed by atoms with Gasteiger partial charge in [-0.2, -0.15) is 0 Å². The molecular formula is C23H24N4O. The van der Waals surface area contributed by atoms with Crippen molar-refractivity contribution in [3.8, 4) is 11.3 Å². The van der Waals surface area contributed by atoms with E-state index in [0.717, 1.165) is 30.2 Å². The van der Waals surface area contributed by atoms with Gasteiger partial charge >= 0.3 is 0 Å². The molecule has 1 atom stereocenters. The molecule has 1 spiro atoms. The van der Waals surface area contributed by atoms with Crippen LogP contribution in [0, 0.1) is 5.92 Å². The summed E-state index contributed by atoms with van der Waals surface area (Å²) in [7, 11) is 0. The molecule has 1 aromatic heterocycles. The van der Waals surface area contributed by atoms with Crippen LogP contribution in [-0.2, 0) is 4.74 Å². The summed E-state index contributed by atoms with van der Waals surface area (Å²) in [4.78, 5) is 14.0. The number of hydrogen-bond donors (Lipinski definition) is 0. The first-order valence-corrected chi connectivity index (χ1v) is 10.2. The van der Waals surface area contributed by atoms with Crippen LogP contribution in [0.4, 0.5) is 5.82 Å². The van der Waals surface area contributed by atoms with Crippen LogP contribution in [-0.4, -0.2) is 53.4 Å². The van der Waals surface area contributed by atoms with Crippen LogP contribution in [0.3, 0.4) is 0 Å². The highest BCUT2D eigenvalue weighted by Crippen LogP contribution is 2.42. The van der Waals surface area contributed by atoms with Gasteiger partial charge in [0.05, 0.1) is 12.2 Å². The summed E-state index contributed by atoms with van der Waals surface area (Å²) in [6.07, 6.45) is 4.21. The van der Waals surface area contributed by atoms with E-state index in [-0.39, 0.29) is 5.60 Å². The van der Waals surface area contributed by atoms with Gasteiger partial charge in [0.1, 0.15) is 24.5 Å². The van der Waals surface area contributed by atoms with E-state index in [1.807, 2.05) is 0 Å². The number of hydrogen-bond acceptors (Lipinski definition) is 5. The average molecular weight is 372 g/mol. The first kappa shape index (κ1) is 16.5. The smallest absolute Gasteiger partial charge is 0.134 e. The van der Waals surface area contributed by atoms with Gasteiger partial charge in [0.2, 0.25) is 0 Å². The number of nitrogens with zero attached hydrogens (tertiary/aromatic N) is 4. The lowest BCUT2D eigenvalue weighted by atomic mass is 9.75. The third-order valence-electron chi connectivity index (χ3n) is 6.81. The predicted molar refractivity (Wildman–Crippen MR) is 110 cm³/mol. The Kier molecular flexibility index (Phi) is 3.68. The summed E-state index contributed by atoms with van der Waals surface area (Å²) in [6, 6.07) is 17.0. The monoisotopic (exact) mass is 372 g/mol. The molecule has 5 heterocycles. The lowest BCUT2D eigenvalue weighted by molar-refractivity contribution is -0.116. The van der Waals surface area contributed by atoms with Gasteiger partial charge < -0.3 is 14.5 Å². The van der Waals surface area contributed by atoms with E-state index < -0.39 is 0 Å². The normalized spacial score (nSPS) is 29.1. The van der Waals surface area contributed by atoms with E-state index in [1.54, 1.807) is 6.33 Å². The molecule has 4 saturated heterocycles. The van der Waals surface area contributed by atoms with Crippen molar-refractivity contribution in [1.82, 2.24) is 14.9 Å². The molecule has 3 aromatic rings. The number of anilines is 1. The molecule has 4 aliphatic heterocycles. The molecule has 2 aromatic carbocycles.